The highest BCUT2D eigenvalue weighted by atomic mass is 16.6. The van der Waals surface area contributed by atoms with Crippen LogP contribution in [0, 0.1) is 11.3 Å². The molecule has 2 heterocycles. The van der Waals surface area contributed by atoms with E-state index in [1.165, 1.54) is 0 Å². The molecule has 4 rings (SSSR count). The van der Waals surface area contributed by atoms with Crippen molar-refractivity contribution in [2.24, 2.45) is 11.3 Å². The van der Waals surface area contributed by atoms with Crippen LogP contribution in [-0.2, 0) is 20.7 Å². The molecule has 0 unspecified atom stereocenters. The standard InChI is InChI=1S/C16H22N2O4/c1-16(2)13-10(7-8-20-13)14(16)21-12(19)6-5-11-17-15(18-22-11)9-3-4-9/h9-10,13-14H,3-8H2,1-2H3/t10-,13-,14-/m1/s1. The second kappa shape index (κ2) is 5.05. The number of ether oxygens (including phenoxy) is 2. The Morgan fingerprint density at radius 2 is 2.18 bits per heavy atom. The van der Waals surface area contributed by atoms with Crippen molar-refractivity contribution >= 4 is 5.97 Å². The van der Waals surface area contributed by atoms with Crippen LogP contribution in [0.4, 0.5) is 0 Å². The SMILES string of the molecule is CC1(C)[C@@H]2OCC[C@H]2[C@H]1OC(=O)CCc1nc(C2CC2)no1. The number of carbonyl (C=O) groups excluding carboxylic acids is 1. The molecular formula is C16H22N2O4. The highest BCUT2D eigenvalue weighted by molar-refractivity contribution is 5.70. The van der Waals surface area contributed by atoms with Crippen LogP contribution in [0.2, 0.25) is 0 Å². The molecule has 0 aromatic carbocycles. The van der Waals surface area contributed by atoms with Gasteiger partial charge in [0.2, 0.25) is 5.89 Å². The molecule has 0 spiro atoms. The van der Waals surface area contributed by atoms with Gasteiger partial charge in [0.15, 0.2) is 5.82 Å². The van der Waals surface area contributed by atoms with E-state index in [1.54, 1.807) is 0 Å². The zero-order valence-corrected chi connectivity index (χ0v) is 13.1. The molecule has 0 amide bonds. The normalized spacial score (nSPS) is 32.4. The van der Waals surface area contributed by atoms with Gasteiger partial charge in [-0.05, 0) is 19.3 Å². The van der Waals surface area contributed by atoms with Gasteiger partial charge in [-0.25, -0.2) is 0 Å². The van der Waals surface area contributed by atoms with Crippen LogP contribution >= 0.6 is 0 Å². The lowest BCUT2D eigenvalue weighted by atomic mass is 9.59. The van der Waals surface area contributed by atoms with Crippen molar-refractivity contribution in [3.63, 3.8) is 0 Å². The van der Waals surface area contributed by atoms with Crippen molar-refractivity contribution in [3.8, 4) is 0 Å². The minimum Gasteiger partial charge on any atom is -0.461 e. The van der Waals surface area contributed by atoms with Crippen molar-refractivity contribution in [3.05, 3.63) is 11.7 Å². The van der Waals surface area contributed by atoms with Gasteiger partial charge in [0, 0.05) is 30.3 Å². The van der Waals surface area contributed by atoms with E-state index in [2.05, 4.69) is 24.0 Å². The Kier molecular flexibility index (Phi) is 3.25. The first kappa shape index (κ1) is 14.2. The van der Waals surface area contributed by atoms with E-state index >= 15 is 0 Å². The third kappa shape index (κ3) is 2.33. The average Bonchev–Trinajstić information content (AvgIpc) is 3.06. The van der Waals surface area contributed by atoms with Crippen LogP contribution in [0.5, 0.6) is 0 Å². The van der Waals surface area contributed by atoms with Crippen molar-refractivity contribution in [2.45, 2.75) is 64.1 Å². The first-order valence-corrected chi connectivity index (χ1v) is 8.19. The third-order valence-corrected chi connectivity index (χ3v) is 5.22. The van der Waals surface area contributed by atoms with Gasteiger partial charge in [-0.1, -0.05) is 19.0 Å². The van der Waals surface area contributed by atoms with Gasteiger partial charge in [-0.2, -0.15) is 4.98 Å². The fourth-order valence-corrected chi connectivity index (χ4v) is 3.80. The van der Waals surface area contributed by atoms with E-state index in [9.17, 15) is 4.79 Å². The monoisotopic (exact) mass is 306 g/mol. The summed E-state index contributed by atoms with van der Waals surface area (Å²) in [6, 6.07) is 0. The maximum absolute atomic E-state index is 12.1. The van der Waals surface area contributed by atoms with Gasteiger partial charge in [-0.3, -0.25) is 4.79 Å². The fourth-order valence-electron chi connectivity index (χ4n) is 3.80. The van der Waals surface area contributed by atoms with Crippen LogP contribution in [-0.4, -0.2) is 34.9 Å². The van der Waals surface area contributed by atoms with Crippen molar-refractivity contribution in [1.29, 1.82) is 0 Å². The largest absolute Gasteiger partial charge is 0.461 e. The van der Waals surface area contributed by atoms with Gasteiger partial charge < -0.3 is 14.0 Å². The molecule has 3 atom stereocenters. The summed E-state index contributed by atoms with van der Waals surface area (Å²) in [6.07, 6.45) is 4.22. The van der Waals surface area contributed by atoms with E-state index in [0.717, 1.165) is 31.7 Å². The van der Waals surface area contributed by atoms with Crippen LogP contribution in [0.15, 0.2) is 4.52 Å². The average molecular weight is 306 g/mol. The Hall–Kier alpha value is -1.43. The smallest absolute Gasteiger partial charge is 0.306 e. The Balaban J connectivity index is 1.29. The van der Waals surface area contributed by atoms with Gasteiger partial charge >= 0.3 is 5.97 Å². The number of rotatable bonds is 5. The zero-order chi connectivity index (χ0) is 15.3. The van der Waals surface area contributed by atoms with Crippen LogP contribution in [0.25, 0.3) is 0 Å². The molecule has 1 aromatic heterocycles. The maximum Gasteiger partial charge on any atom is 0.306 e. The highest BCUT2D eigenvalue weighted by Gasteiger charge is 2.61. The second-order valence-corrected chi connectivity index (χ2v) is 7.30. The summed E-state index contributed by atoms with van der Waals surface area (Å²) in [6.45, 7) is 4.99. The summed E-state index contributed by atoms with van der Waals surface area (Å²) >= 11 is 0. The summed E-state index contributed by atoms with van der Waals surface area (Å²) in [5, 5.41) is 3.96. The molecule has 0 radical (unpaired) electrons. The first-order valence-electron chi connectivity index (χ1n) is 8.19. The van der Waals surface area contributed by atoms with E-state index < -0.39 is 0 Å². The summed E-state index contributed by atoms with van der Waals surface area (Å²) in [5.74, 6) is 1.97. The van der Waals surface area contributed by atoms with Gasteiger partial charge in [0.25, 0.3) is 0 Å². The molecule has 6 heteroatoms. The molecule has 2 saturated carbocycles. The van der Waals surface area contributed by atoms with Crippen LogP contribution in [0.3, 0.4) is 0 Å². The maximum atomic E-state index is 12.1. The van der Waals surface area contributed by atoms with E-state index in [0.29, 0.717) is 24.1 Å². The number of hydrogen-bond acceptors (Lipinski definition) is 6. The van der Waals surface area contributed by atoms with Crippen molar-refractivity contribution in [1.82, 2.24) is 10.1 Å². The number of nitrogens with zero attached hydrogens (tertiary/aromatic N) is 2. The van der Waals surface area contributed by atoms with Crippen molar-refractivity contribution < 1.29 is 18.8 Å². The lowest BCUT2D eigenvalue weighted by Crippen LogP contribution is -2.61. The van der Waals surface area contributed by atoms with Crippen molar-refractivity contribution in [2.75, 3.05) is 6.61 Å². The van der Waals surface area contributed by atoms with Gasteiger partial charge in [0.05, 0.1) is 12.5 Å². The predicted octanol–water partition coefficient (Wildman–Crippen LogP) is 2.24. The van der Waals surface area contributed by atoms with Crippen LogP contribution < -0.4 is 0 Å². The van der Waals surface area contributed by atoms with E-state index in [-0.39, 0.29) is 30.0 Å². The predicted molar refractivity (Wildman–Crippen MR) is 76.1 cm³/mol. The minimum absolute atomic E-state index is 0.0304. The first-order chi connectivity index (χ1) is 10.6. The molecule has 1 aromatic rings. The molecule has 1 saturated heterocycles. The van der Waals surface area contributed by atoms with E-state index in [1.807, 2.05) is 0 Å². The van der Waals surface area contributed by atoms with Gasteiger partial charge in [-0.15, -0.1) is 0 Å². The molecule has 0 bridgehead atoms. The topological polar surface area (TPSA) is 74.5 Å². The summed E-state index contributed by atoms with van der Waals surface area (Å²) in [5.41, 5.74) is -0.0829. The minimum atomic E-state index is -0.186. The Bertz CT molecular complexity index is 578. The molecule has 1 aliphatic heterocycles. The fraction of sp³-hybridized carbons (Fsp3) is 0.812. The summed E-state index contributed by atoms with van der Waals surface area (Å²) in [4.78, 5) is 16.4. The molecule has 3 aliphatic rings. The number of fused-ring (bicyclic) bond motifs is 1. The molecule has 3 fully saturated rings. The molecule has 0 N–H and O–H groups in total. The lowest BCUT2D eigenvalue weighted by Gasteiger charge is -2.53. The molecule has 22 heavy (non-hydrogen) atoms. The second-order valence-electron chi connectivity index (χ2n) is 7.30. The lowest BCUT2D eigenvalue weighted by molar-refractivity contribution is -0.210. The quantitative estimate of drug-likeness (QED) is 0.777. The Labute approximate surface area is 129 Å². The number of carbonyl (C=O) groups is 1. The molecular weight excluding hydrogens is 284 g/mol. The highest BCUT2D eigenvalue weighted by Crippen LogP contribution is 2.53. The zero-order valence-electron chi connectivity index (χ0n) is 13.1. The Morgan fingerprint density at radius 3 is 2.95 bits per heavy atom. The molecule has 2 aliphatic carbocycles. The van der Waals surface area contributed by atoms with Crippen LogP contribution in [0.1, 0.15) is 57.2 Å². The Morgan fingerprint density at radius 1 is 1.36 bits per heavy atom. The molecule has 120 valence electrons. The van der Waals surface area contributed by atoms with Gasteiger partial charge in [0.1, 0.15) is 6.10 Å². The summed E-state index contributed by atoms with van der Waals surface area (Å²) < 4.78 is 16.6. The summed E-state index contributed by atoms with van der Waals surface area (Å²) in [7, 11) is 0. The number of aromatic nitrogens is 2. The number of esters is 1. The third-order valence-electron chi connectivity index (χ3n) is 5.22. The van der Waals surface area contributed by atoms with E-state index in [4.69, 9.17) is 14.0 Å². The molecule has 6 nitrogen and oxygen atoms in total. The number of aryl methyl sites for hydroxylation is 1. The number of hydrogen-bond donors (Lipinski definition) is 0.